The first-order valence-electron chi connectivity index (χ1n) is 5.70. The summed E-state index contributed by atoms with van der Waals surface area (Å²) in [6.45, 7) is 0. The van der Waals surface area contributed by atoms with Crippen LogP contribution in [-0.4, -0.2) is 30.1 Å². The minimum absolute atomic E-state index is 1.16. The topological polar surface area (TPSA) is 27.7 Å². The molecule has 0 atom stereocenters. The summed E-state index contributed by atoms with van der Waals surface area (Å²) in [5, 5.41) is 0. The van der Waals surface area contributed by atoms with Gasteiger partial charge in [0.25, 0.3) is 0 Å². The Hall–Kier alpha value is -0.943. The molecule has 0 saturated heterocycles. The van der Waals surface area contributed by atoms with Gasteiger partial charge in [0, 0.05) is 21.3 Å². The smallest absolute Gasteiger partial charge is 0.374 e. The Morgan fingerprint density at radius 3 is 2.29 bits per heavy atom. The van der Waals surface area contributed by atoms with Crippen molar-refractivity contribution in [2.24, 2.45) is 0 Å². The summed E-state index contributed by atoms with van der Waals surface area (Å²) in [6.07, 6.45) is 4.41. The summed E-state index contributed by atoms with van der Waals surface area (Å²) < 4.78 is 16.1. The van der Waals surface area contributed by atoms with Gasteiger partial charge >= 0.3 is 8.80 Å². The molecule has 0 saturated carbocycles. The number of rotatable bonds is 5. The van der Waals surface area contributed by atoms with Crippen molar-refractivity contribution in [3.8, 4) is 0 Å². The van der Waals surface area contributed by atoms with Gasteiger partial charge in [0.1, 0.15) is 0 Å². The second-order valence-corrected chi connectivity index (χ2v) is 6.80. The third-order valence-corrected chi connectivity index (χ3v) is 5.56. The minimum atomic E-state index is -2.60. The predicted octanol–water partition coefficient (Wildman–Crippen LogP) is 2.22. The van der Waals surface area contributed by atoms with Crippen molar-refractivity contribution in [2.45, 2.75) is 12.8 Å². The Kier molecular flexibility index (Phi) is 3.78. The van der Waals surface area contributed by atoms with E-state index in [-0.39, 0.29) is 0 Å². The van der Waals surface area contributed by atoms with Gasteiger partial charge in [0.15, 0.2) is 0 Å². The lowest BCUT2D eigenvalue weighted by molar-refractivity contribution is 0.139. The van der Waals surface area contributed by atoms with Gasteiger partial charge in [-0.3, -0.25) is 0 Å². The molecule has 0 aromatic heterocycles. The van der Waals surface area contributed by atoms with Gasteiger partial charge in [-0.1, -0.05) is 24.3 Å². The monoisotopic (exact) mass is 250 g/mol. The number of fused-ring (bicyclic) bond motifs is 1. The summed E-state index contributed by atoms with van der Waals surface area (Å²) in [4.78, 5) is 0. The van der Waals surface area contributed by atoms with E-state index in [2.05, 4.69) is 24.3 Å². The van der Waals surface area contributed by atoms with E-state index in [0.29, 0.717) is 0 Å². The Morgan fingerprint density at radius 1 is 1.06 bits per heavy atom. The van der Waals surface area contributed by atoms with Gasteiger partial charge in [0.2, 0.25) is 0 Å². The molecule has 0 spiro atoms. The van der Waals surface area contributed by atoms with Gasteiger partial charge in [-0.05, 0) is 35.2 Å². The first kappa shape index (κ1) is 12.5. The van der Waals surface area contributed by atoms with Crippen molar-refractivity contribution in [2.75, 3.05) is 21.3 Å². The SMILES string of the molecule is CO[Si](C=Cc1cccc2c1CC2)(OC)OC. The maximum Gasteiger partial charge on any atom is 0.528 e. The molecule has 1 aliphatic rings. The predicted molar refractivity (Wildman–Crippen MR) is 69.7 cm³/mol. The molecule has 0 heterocycles. The second kappa shape index (κ2) is 5.14. The van der Waals surface area contributed by atoms with Crippen molar-refractivity contribution in [1.82, 2.24) is 0 Å². The highest BCUT2D eigenvalue weighted by Gasteiger charge is 2.34. The van der Waals surface area contributed by atoms with Crippen LogP contribution in [0.15, 0.2) is 23.9 Å². The average Bonchev–Trinajstić information content (AvgIpc) is 2.34. The third kappa shape index (κ3) is 2.35. The lowest BCUT2D eigenvalue weighted by atomic mass is 9.85. The summed E-state index contributed by atoms with van der Waals surface area (Å²) in [7, 11) is 2.26. The van der Waals surface area contributed by atoms with Crippen LogP contribution >= 0.6 is 0 Å². The standard InChI is InChI=1S/C13H18O3Si/c1-14-17(15-2,16-3)10-9-12-6-4-5-11-7-8-13(11)12/h4-6,9-10H,7-8H2,1-3H3. The normalized spacial score (nSPS) is 14.8. The molecule has 1 aromatic carbocycles. The molecular weight excluding hydrogens is 232 g/mol. The van der Waals surface area contributed by atoms with Gasteiger partial charge < -0.3 is 13.3 Å². The van der Waals surface area contributed by atoms with Crippen LogP contribution in [0.5, 0.6) is 0 Å². The molecule has 0 aliphatic heterocycles. The molecule has 0 unspecified atom stereocenters. The molecular formula is C13H18O3Si. The molecule has 0 fully saturated rings. The third-order valence-electron chi connectivity index (χ3n) is 3.27. The lowest BCUT2D eigenvalue weighted by Crippen LogP contribution is -2.40. The zero-order valence-electron chi connectivity index (χ0n) is 10.5. The molecule has 0 N–H and O–H groups in total. The van der Waals surface area contributed by atoms with E-state index in [1.165, 1.54) is 23.1 Å². The van der Waals surface area contributed by atoms with Crippen LogP contribution in [0.3, 0.4) is 0 Å². The average molecular weight is 250 g/mol. The van der Waals surface area contributed by atoms with Crippen molar-refractivity contribution in [3.63, 3.8) is 0 Å². The molecule has 1 aromatic rings. The summed E-state index contributed by atoms with van der Waals surface area (Å²) in [5.74, 6) is 0. The molecule has 17 heavy (non-hydrogen) atoms. The highest BCUT2D eigenvalue weighted by atomic mass is 28.4. The van der Waals surface area contributed by atoms with Crippen LogP contribution in [0.2, 0.25) is 0 Å². The molecule has 3 nitrogen and oxygen atoms in total. The lowest BCUT2D eigenvalue weighted by Gasteiger charge is -2.23. The number of aryl methyl sites for hydroxylation is 1. The van der Waals surface area contributed by atoms with E-state index >= 15 is 0 Å². The minimum Gasteiger partial charge on any atom is -0.374 e. The van der Waals surface area contributed by atoms with Crippen LogP contribution in [0.4, 0.5) is 0 Å². The first-order valence-corrected chi connectivity index (χ1v) is 7.50. The molecule has 1 aliphatic carbocycles. The maximum atomic E-state index is 5.35. The molecule has 92 valence electrons. The Morgan fingerprint density at radius 2 is 1.76 bits per heavy atom. The zero-order valence-corrected chi connectivity index (χ0v) is 11.5. The fourth-order valence-corrected chi connectivity index (χ4v) is 3.37. The number of hydrogen-bond donors (Lipinski definition) is 0. The van der Waals surface area contributed by atoms with Crippen LogP contribution in [-0.2, 0) is 26.1 Å². The van der Waals surface area contributed by atoms with E-state index in [1.807, 2.05) is 5.70 Å². The summed E-state index contributed by atoms with van der Waals surface area (Å²) in [5.41, 5.74) is 6.07. The molecule has 0 radical (unpaired) electrons. The maximum absolute atomic E-state index is 5.35. The van der Waals surface area contributed by atoms with Gasteiger partial charge in [-0.2, -0.15) is 0 Å². The number of benzene rings is 1. The highest BCUT2D eigenvalue weighted by Crippen LogP contribution is 2.27. The molecule has 4 heteroatoms. The van der Waals surface area contributed by atoms with Crippen molar-refractivity contribution >= 4 is 14.9 Å². The van der Waals surface area contributed by atoms with Gasteiger partial charge in [-0.25, -0.2) is 0 Å². The summed E-state index contributed by atoms with van der Waals surface area (Å²) >= 11 is 0. The molecule has 0 bridgehead atoms. The van der Waals surface area contributed by atoms with Crippen LogP contribution < -0.4 is 0 Å². The van der Waals surface area contributed by atoms with Crippen molar-refractivity contribution in [3.05, 3.63) is 40.6 Å². The fourth-order valence-electron chi connectivity index (χ4n) is 2.08. The quantitative estimate of drug-likeness (QED) is 0.750. The Labute approximate surface area is 103 Å². The van der Waals surface area contributed by atoms with E-state index < -0.39 is 8.80 Å². The summed E-state index contributed by atoms with van der Waals surface area (Å²) in [6, 6.07) is 6.39. The van der Waals surface area contributed by atoms with Crippen LogP contribution in [0.1, 0.15) is 16.7 Å². The highest BCUT2D eigenvalue weighted by molar-refractivity contribution is 6.66. The van der Waals surface area contributed by atoms with Crippen LogP contribution in [0, 0.1) is 0 Å². The fraction of sp³-hybridized carbons (Fsp3) is 0.385. The number of hydrogen-bond acceptors (Lipinski definition) is 3. The van der Waals surface area contributed by atoms with Crippen molar-refractivity contribution < 1.29 is 13.3 Å². The van der Waals surface area contributed by atoms with E-state index in [1.54, 1.807) is 21.3 Å². The second-order valence-electron chi connectivity index (χ2n) is 4.03. The van der Waals surface area contributed by atoms with Gasteiger partial charge in [-0.15, -0.1) is 0 Å². The van der Waals surface area contributed by atoms with E-state index in [4.69, 9.17) is 13.3 Å². The van der Waals surface area contributed by atoms with Crippen LogP contribution in [0.25, 0.3) is 6.08 Å². The Bertz CT molecular complexity index is 416. The largest absolute Gasteiger partial charge is 0.528 e. The van der Waals surface area contributed by atoms with Gasteiger partial charge in [0.05, 0.1) is 0 Å². The first-order chi connectivity index (χ1) is 8.24. The Balaban J connectivity index is 2.22. The zero-order chi connectivity index (χ0) is 12.3. The molecule has 0 amide bonds. The van der Waals surface area contributed by atoms with E-state index in [9.17, 15) is 0 Å². The molecule has 2 rings (SSSR count). The van der Waals surface area contributed by atoms with Crippen molar-refractivity contribution in [1.29, 1.82) is 0 Å². The van der Waals surface area contributed by atoms with E-state index in [0.717, 1.165) is 6.42 Å².